The number of esters is 1. The molecule has 2 rings (SSSR count). The van der Waals surface area contributed by atoms with Crippen LogP contribution in [0.25, 0.3) is 10.9 Å². The lowest BCUT2D eigenvalue weighted by molar-refractivity contribution is -0.144. The molecule has 1 unspecified atom stereocenters. The third-order valence-corrected chi connectivity index (χ3v) is 2.60. The summed E-state index contributed by atoms with van der Waals surface area (Å²) < 4.78 is 4.87. The average Bonchev–Trinajstić information content (AvgIpc) is 2.73. The molecule has 1 aromatic carbocycles. The van der Waals surface area contributed by atoms with Crippen LogP contribution in [0.1, 0.15) is 18.5 Å². The third kappa shape index (κ3) is 1.97. The van der Waals surface area contributed by atoms with Crippen LogP contribution in [0, 0.1) is 0 Å². The van der Waals surface area contributed by atoms with Crippen molar-refractivity contribution < 1.29 is 14.6 Å². The van der Waals surface area contributed by atoms with E-state index in [2.05, 4.69) is 4.98 Å². The lowest BCUT2D eigenvalue weighted by Crippen LogP contribution is -2.23. The molecule has 1 heterocycles. The number of aromatic amines is 1. The standard InChI is InChI=1S/C12H14N2O3/c1-2-17-12(16)10(13)8-6-14-11-7(8)4-3-5-9(11)15/h3-6,10,14-15H,2,13H2,1H3. The van der Waals surface area contributed by atoms with Gasteiger partial charge in [0.25, 0.3) is 0 Å². The average molecular weight is 234 g/mol. The lowest BCUT2D eigenvalue weighted by Gasteiger charge is -2.09. The van der Waals surface area contributed by atoms with Gasteiger partial charge in [0.15, 0.2) is 0 Å². The van der Waals surface area contributed by atoms with Crippen LogP contribution in [0.4, 0.5) is 0 Å². The predicted octanol–water partition coefficient (Wildman–Crippen LogP) is 1.44. The summed E-state index contributed by atoms with van der Waals surface area (Å²) in [6.07, 6.45) is 1.62. The minimum absolute atomic E-state index is 0.129. The van der Waals surface area contributed by atoms with E-state index in [4.69, 9.17) is 10.5 Å². The molecular weight excluding hydrogens is 220 g/mol. The first kappa shape index (κ1) is 11.5. The van der Waals surface area contributed by atoms with Gasteiger partial charge < -0.3 is 20.6 Å². The van der Waals surface area contributed by atoms with Gasteiger partial charge in [-0.1, -0.05) is 12.1 Å². The van der Waals surface area contributed by atoms with E-state index in [1.165, 1.54) is 0 Å². The Kier molecular flexibility index (Phi) is 3.01. The summed E-state index contributed by atoms with van der Waals surface area (Å²) in [5.41, 5.74) is 7.00. The van der Waals surface area contributed by atoms with Crippen LogP contribution in [-0.2, 0) is 9.53 Å². The van der Waals surface area contributed by atoms with Gasteiger partial charge in [-0.3, -0.25) is 0 Å². The van der Waals surface area contributed by atoms with E-state index < -0.39 is 12.0 Å². The van der Waals surface area contributed by atoms with Crippen molar-refractivity contribution in [2.75, 3.05) is 6.61 Å². The molecule has 0 fully saturated rings. The number of fused-ring (bicyclic) bond motifs is 1. The van der Waals surface area contributed by atoms with E-state index in [-0.39, 0.29) is 5.75 Å². The molecule has 5 nitrogen and oxygen atoms in total. The normalized spacial score (nSPS) is 12.6. The molecule has 1 aromatic heterocycles. The minimum atomic E-state index is -0.842. The SMILES string of the molecule is CCOC(=O)C(N)c1c[nH]c2c(O)cccc12. The monoisotopic (exact) mass is 234 g/mol. The van der Waals surface area contributed by atoms with Crippen LogP contribution in [0.2, 0.25) is 0 Å². The summed E-state index contributed by atoms with van der Waals surface area (Å²) in [6.45, 7) is 2.02. The molecule has 2 aromatic rings. The Morgan fingerprint density at radius 3 is 3.06 bits per heavy atom. The van der Waals surface area contributed by atoms with Crippen LogP contribution in [0.3, 0.4) is 0 Å². The maximum atomic E-state index is 11.5. The predicted molar refractivity (Wildman–Crippen MR) is 63.5 cm³/mol. The fraction of sp³-hybridized carbons (Fsp3) is 0.250. The molecule has 4 N–H and O–H groups in total. The van der Waals surface area contributed by atoms with Gasteiger partial charge in [-0.2, -0.15) is 0 Å². The van der Waals surface area contributed by atoms with Crippen LogP contribution >= 0.6 is 0 Å². The third-order valence-electron chi connectivity index (χ3n) is 2.60. The Morgan fingerprint density at radius 1 is 1.59 bits per heavy atom. The largest absolute Gasteiger partial charge is 0.506 e. The van der Waals surface area contributed by atoms with Crippen molar-refractivity contribution in [2.45, 2.75) is 13.0 Å². The highest BCUT2D eigenvalue weighted by Gasteiger charge is 2.20. The van der Waals surface area contributed by atoms with Gasteiger partial charge in [0.05, 0.1) is 12.1 Å². The number of carbonyl (C=O) groups excluding carboxylic acids is 1. The highest BCUT2D eigenvalue weighted by molar-refractivity contribution is 5.92. The van der Waals surface area contributed by atoms with Gasteiger partial charge in [-0.25, -0.2) is 4.79 Å². The molecule has 0 aliphatic rings. The van der Waals surface area contributed by atoms with Crippen molar-refractivity contribution in [3.05, 3.63) is 30.0 Å². The van der Waals surface area contributed by atoms with Gasteiger partial charge in [0.1, 0.15) is 11.8 Å². The van der Waals surface area contributed by atoms with E-state index in [0.29, 0.717) is 17.7 Å². The quantitative estimate of drug-likeness (QED) is 0.701. The molecule has 1 atom stereocenters. The second kappa shape index (κ2) is 4.47. The number of H-pyrrole nitrogens is 1. The fourth-order valence-corrected chi connectivity index (χ4v) is 1.78. The molecule has 0 spiro atoms. The van der Waals surface area contributed by atoms with E-state index in [9.17, 15) is 9.90 Å². The maximum Gasteiger partial charge on any atom is 0.327 e. The maximum absolute atomic E-state index is 11.5. The highest BCUT2D eigenvalue weighted by atomic mass is 16.5. The molecule has 0 amide bonds. The first-order valence-corrected chi connectivity index (χ1v) is 5.36. The first-order valence-electron chi connectivity index (χ1n) is 5.36. The number of phenolic OH excluding ortho intramolecular Hbond substituents is 1. The van der Waals surface area contributed by atoms with E-state index >= 15 is 0 Å². The van der Waals surface area contributed by atoms with E-state index in [1.807, 2.05) is 0 Å². The Labute approximate surface area is 98.2 Å². The number of para-hydroxylation sites is 1. The van der Waals surface area contributed by atoms with Crippen LogP contribution < -0.4 is 5.73 Å². The van der Waals surface area contributed by atoms with Crippen LogP contribution in [0.5, 0.6) is 5.75 Å². The minimum Gasteiger partial charge on any atom is -0.506 e. The van der Waals surface area contributed by atoms with Gasteiger partial charge in [0.2, 0.25) is 0 Å². The molecule has 0 radical (unpaired) electrons. The van der Waals surface area contributed by atoms with Crippen molar-refractivity contribution in [3.63, 3.8) is 0 Å². The number of nitrogens with one attached hydrogen (secondary N) is 1. The number of aromatic hydroxyl groups is 1. The molecule has 0 saturated carbocycles. The Bertz CT molecular complexity index is 548. The zero-order valence-electron chi connectivity index (χ0n) is 9.43. The molecule has 90 valence electrons. The molecule has 0 aliphatic carbocycles. The smallest absolute Gasteiger partial charge is 0.327 e. The van der Waals surface area contributed by atoms with Gasteiger partial charge in [-0.15, -0.1) is 0 Å². The number of rotatable bonds is 3. The number of benzene rings is 1. The summed E-state index contributed by atoms with van der Waals surface area (Å²) >= 11 is 0. The Morgan fingerprint density at radius 2 is 2.35 bits per heavy atom. The van der Waals surface area contributed by atoms with Crippen molar-refractivity contribution in [2.24, 2.45) is 5.73 Å². The number of hydrogen-bond donors (Lipinski definition) is 3. The second-order valence-corrected chi connectivity index (χ2v) is 3.67. The Balaban J connectivity index is 2.42. The van der Waals surface area contributed by atoms with Crippen LogP contribution in [-0.4, -0.2) is 22.7 Å². The summed E-state index contributed by atoms with van der Waals surface area (Å²) in [5, 5.41) is 10.3. The molecule has 5 heteroatoms. The second-order valence-electron chi connectivity index (χ2n) is 3.67. The summed E-state index contributed by atoms with van der Waals surface area (Å²) in [5.74, 6) is -0.346. The topological polar surface area (TPSA) is 88.3 Å². The first-order chi connectivity index (χ1) is 8.15. The van der Waals surface area contributed by atoms with Crippen molar-refractivity contribution in [1.29, 1.82) is 0 Å². The number of aromatic nitrogens is 1. The summed E-state index contributed by atoms with van der Waals surface area (Å²) in [6, 6.07) is 4.22. The molecular formula is C12H14N2O3. The van der Waals surface area contributed by atoms with Crippen molar-refractivity contribution in [1.82, 2.24) is 4.98 Å². The van der Waals surface area contributed by atoms with Crippen molar-refractivity contribution in [3.8, 4) is 5.75 Å². The zero-order chi connectivity index (χ0) is 12.4. The lowest BCUT2D eigenvalue weighted by atomic mass is 10.1. The molecule has 0 aliphatic heterocycles. The number of phenols is 1. The highest BCUT2D eigenvalue weighted by Crippen LogP contribution is 2.29. The van der Waals surface area contributed by atoms with Gasteiger partial charge >= 0.3 is 5.97 Å². The number of ether oxygens (including phenoxy) is 1. The number of carbonyl (C=O) groups is 1. The van der Waals surface area contributed by atoms with Gasteiger partial charge in [0, 0.05) is 17.1 Å². The van der Waals surface area contributed by atoms with E-state index in [0.717, 1.165) is 5.39 Å². The zero-order valence-corrected chi connectivity index (χ0v) is 9.43. The summed E-state index contributed by atoms with van der Waals surface area (Å²) in [7, 11) is 0. The number of hydrogen-bond acceptors (Lipinski definition) is 4. The van der Waals surface area contributed by atoms with Crippen LogP contribution in [0.15, 0.2) is 24.4 Å². The fourth-order valence-electron chi connectivity index (χ4n) is 1.78. The van der Waals surface area contributed by atoms with E-state index in [1.54, 1.807) is 31.3 Å². The number of nitrogens with two attached hydrogens (primary N) is 1. The molecule has 0 bridgehead atoms. The molecule has 17 heavy (non-hydrogen) atoms. The van der Waals surface area contributed by atoms with Crippen molar-refractivity contribution >= 4 is 16.9 Å². The Hall–Kier alpha value is -2.01. The molecule has 0 saturated heterocycles. The summed E-state index contributed by atoms with van der Waals surface area (Å²) in [4.78, 5) is 14.4. The van der Waals surface area contributed by atoms with Gasteiger partial charge in [-0.05, 0) is 13.0 Å².